The first-order chi connectivity index (χ1) is 10.2. The Bertz CT molecular complexity index is 489. The van der Waals surface area contributed by atoms with Crippen LogP contribution in [-0.2, 0) is 9.53 Å². The molecule has 0 amide bonds. The van der Waals surface area contributed by atoms with Gasteiger partial charge >= 0.3 is 5.97 Å². The molecule has 1 aliphatic carbocycles. The third-order valence-electron chi connectivity index (χ3n) is 4.37. The summed E-state index contributed by atoms with van der Waals surface area (Å²) in [7, 11) is 0. The molecule has 3 rings (SSSR count). The van der Waals surface area contributed by atoms with E-state index in [1.54, 1.807) is 0 Å². The lowest BCUT2D eigenvalue weighted by molar-refractivity contribution is -0.137. The fraction of sp³-hybridized carbons (Fsp3) is 0.588. The van der Waals surface area contributed by atoms with Crippen LogP contribution in [0, 0.1) is 5.92 Å². The molecule has 0 radical (unpaired) electrons. The molecule has 114 valence electrons. The van der Waals surface area contributed by atoms with Crippen molar-refractivity contribution in [1.82, 2.24) is 0 Å². The van der Waals surface area contributed by atoms with Crippen molar-refractivity contribution in [3.63, 3.8) is 0 Å². The molecular formula is C17H22O4. The number of benzene rings is 1. The van der Waals surface area contributed by atoms with E-state index >= 15 is 0 Å². The number of carboxylic acids is 1. The van der Waals surface area contributed by atoms with Crippen molar-refractivity contribution >= 4 is 5.97 Å². The zero-order valence-corrected chi connectivity index (χ0v) is 12.2. The lowest BCUT2D eigenvalue weighted by atomic mass is 9.90. The average Bonchev–Trinajstić information content (AvgIpc) is 3.31. The molecule has 0 bridgehead atoms. The molecule has 4 nitrogen and oxygen atoms in total. The largest absolute Gasteiger partial charge is 0.490 e. The third kappa shape index (κ3) is 3.76. The molecule has 1 aromatic rings. The minimum absolute atomic E-state index is 0.0820. The van der Waals surface area contributed by atoms with Crippen molar-refractivity contribution in [1.29, 1.82) is 0 Å². The Hall–Kier alpha value is -1.55. The molecule has 1 unspecified atom stereocenters. The molecule has 2 fully saturated rings. The molecule has 0 aromatic heterocycles. The fourth-order valence-corrected chi connectivity index (χ4v) is 3.08. The Kier molecular flexibility index (Phi) is 4.44. The van der Waals surface area contributed by atoms with Crippen LogP contribution in [0.1, 0.15) is 43.6 Å². The first kappa shape index (κ1) is 14.4. The van der Waals surface area contributed by atoms with Gasteiger partial charge in [-0.25, -0.2) is 0 Å². The van der Waals surface area contributed by atoms with Gasteiger partial charge in [-0.15, -0.1) is 0 Å². The minimum Gasteiger partial charge on any atom is -0.490 e. The van der Waals surface area contributed by atoms with Gasteiger partial charge in [-0.2, -0.15) is 0 Å². The Morgan fingerprint density at radius 3 is 2.62 bits per heavy atom. The minimum atomic E-state index is -0.729. The maximum absolute atomic E-state index is 11.2. The number of rotatable bonds is 6. The van der Waals surface area contributed by atoms with Crippen LogP contribution in [-0.4, -0.2) is 30.4 Å². The molecule has 1 saturated heterocycles. The van der Waals surface area contributed by atoms with Crippen LogP contribution >= 0.6 is 0 Å². The number of carboxylic acid groups (broad SMARTS) is 1. The van der Waals surface area contributed by atoms with Gasteiger partial charge in [0, 0.05) is 18.8 Å². The van der Waals surface area contributed by atoms with Crippen LogP contribution in [0.5, 0.6) is 5.75 Å². The maximum Gasteiger partial charge on any atom is 0.303 e. The second-order valence-corrected chi connectivity index (χ2v) is 6.01. The van der Waals surface area contributed by atoms with Gasteiger partial charge in [0.05, 0.1) is 19.6 Å². The molecule has 21 heavy (non-hydrogen) atoms. The van der Waals surface area contributed by atoms with Gasteiger partial charge in [-0.1, -0.05) is 18.2 Å². The van der Waals surface area contributed by atoms with Crippen LogP contribution in [0.25, 0.3) is 0 Å². The predicted octanol–water partition coefficient (Wildman–Crippen LogP) is 3.21. The lowest BCUT2D eigenvalue weighted by Crippen LogP contribution is -2.26. The Morgan fingerprint density at radius 2 is 1.95 bits per heavy atom. The standard InChI is InChI=1S/C17H22O4/c18-17(19)11-15(12-5-6-12)14-3-1-2-4-16(14)21-13-7-9-20-10-8-13/h1-4,12-13,15H,5-11H2,(H,18,19). The Morgan fingerprint density at radius 1 is 1.24 bits per heavy atom. The fourth-order valence-electron chi connectivity index (χ4n) is 3.08. The summed E-state index contributed by atoms with van der Waals surface area (Å²) < 4.78 is 11.5. The lowest BCUT2D eigenvalue weighted by Gasteiger charge is -2.26. The summed E-state index contributed by atoms with van der Waals surface area (Å²) in [5, 5.41) is 9.18. The van der Waals surface area contributed by atoms with Crippen LogP contribution in [0.4, 0.5) is 0 Å². The first-order valence-electron chi connectivity index (χ1n) is 7.79. The van der Waals surface area contributed by atoms with Gasteiger partial charge in [0.2, 0.25) is 0 Å². The first-order valence-corrected chi connectivity index (χ1v) is 7.79. The monoisotopic (exact) mass is 290 g/mol. The van der Waals surface area contributed by atoms with E-state index in [0.717, 1.165) is 50.2 Å². The topological polar surface area (TPSA) is 55.8 Å². The number of hydrogen-bond acceptors (Lipinski definition) is 3. The molecule has 4 heteroatoms. The normalized spacial score (nSPS) is 21.0. The van der Waals surface area contributed by atoms with Crippen molar-refractivity contribution in [2.75, 3.05) is 13.2 Å². The molecule has 1 N–H and O–H groups in total. The molecule has 1 aromatic carbocycles. The molecule has 0 spiro atoms. The highest BCUT2D eigenvalue weighted by Gasteiger charge is 2.35. The number of carbonyl (C=O) groups is 1. The van der Waals surface area contributed by atoms with Crippen molar-refractivity contribution < 1.29 is 19.4 Å². The van der Waals surface area contributed by atoms with E-state index in [1.165, 1.54) is 0 Å². The summed E-state index contributed by atoms with van der Waals surface area (Å²) in [6.45, 7) is 1.49. The maximum atomic E-state index is 11.2. The number of ether oxygens (including phenoxy) is 2. The number of para-hydroxylation sites is 1. The zero-order chi connectivity index (χ0) is 14.7. The van der Waals surface area contributed by atoms with E-state index in [1.807, 2.05) is 24.3 Å². The second-order valence-electron chi connectivity index (χ2n) is 6.01. The number of hydrogen-bond donors (Lipinski definition) is 1. The summed E-state index contributed by atoms with van der Waals surface area (Å²) in [5.74, 6) is 0.717. The second kappa shape index (κ2) is 6.48. The van der Waals surface area contributed by atoms with Crippen molar-refractivity contribution in [2.45, 2.75) is 44.1 Å². The Labute approximate surface area is 125 Å². The highest BCUT2D eigenvalue weighted by Crippen LogP contribution is 2.47. The Balaban J connectivity index is 1.78. The van der Waals surface area contributed by atoms with E-state index < -0.39 is 5.97 Å². The summed E-state index contributed by atoms with van der Waals surface area (Å²) in [5.41, 5.74) is 1.06. The van der Waals surface area contributed by atoms with E-state index in [4.69, 9.17) is 9.47 Å². The van der Waals surface area contributed by atoms with E-state index in [9.17, 15) is 9.90 Å². The SMILES string of the molecule is O=C(O)CC(c1ccccc1OC1CCOCC1)C1CC1. The zero-order valence-electron chi connectivity index (χ0n) is 12.2. The summed E-state index contributed by atoms with van der Waals surface area (Å²) >= 11 is 0. The average molecular weight is 290 g/mol. The smallest absolute Gasteiger partial charge is 0.303 e. The highest BCUT2D eigenvalue weighted by molar-refractivity contribution is 5.68. The molecule has 1 saturated carbocycles. The van der Waals surface area contributed by atoms with Crippen LogP contribution in [0.2, 0.25) is 0 Å². The van der Waals surface area contributed by atoms with Gasteiger partial charge in [0.15, 0.2) is 0 Å². The van der Waals surface area contributed by atoms with Gasteiger partial charge in [-0.3, -0.25) is 4.79 Å². The number of aliphatic carboxylic acids is 1. The van der Waals surface area contributed by atoms with Crippen molar-refractivity contribution in [2.24, 2.45) is 5.92 Å². The van der Waals surface area contributed by atoms with Gasteiger partial charge in [0.1, 0.15) is 11.9 Å². The van der Waals surface area contributed by atoms with Gasteiger partial charge < -0.3 is 14.6 Å². The van der Waals surface area contributed by atoms with Crippen LogP contribution < -0.4 is 4.74 Å². The quantitative estimate of drug-likeness (QED) is 0.874. The molecule has 1 atom stereocenters. The van der Waals surface area contributed by atoms with Crippen LogP contribution in [0.15, 0.2) is 24.3 Å². The summed E-state index contributed by atoms with van der Waals surface area (Å²) in [6.07, 6.45) is 4.44. The molecule has 2 aliphatic rings. The molecule has 1 aliphatic heterocycles. The van der Waals surface area contributed by atoms with E-state index in [-0.39, 0.29) is 18.4 Å². The summed E-state index contributed by atoms with van der Waals surface area (Å²) in [4.78, 5) is 11.2. The van der Waals surface area contributed by atoms with E-state index in [0.29, 0.717) is 5.92 Å². The van der Waals surface area contributed by atoms with E-state index in [2.05, 4.69) is 0 Å². The summed E-state index contributed by atoms with van der Waals surface area (Å²) in [6, 6.07) is 7.94. The molecular weight excluding hydrogens is 268 g/mol. The van der Waals surface area contributed by atoms with Gasteiger partial charge in [0.25, 0.3) is 0 Å². The highest BCUT2D eigenvalue weighted by atomic mass is 16.5. The van der Waals surface area contributed by atoms with Crippen molar-refractivity contribution in [3.05, 3.63) is 29.8 Å². The van der Waals surface area contributed by atoms with Crippen LogP contribution in [0.3, 0.4) is 0 Å². The van der Waals surface area contributed by atoms with Crippen molar-refractivity contribution in [3.8, 4) is 5.75 Å². The predicted molar refractivity (Wildman–Crippen MR) is 78.6 cm³/mol. The van der Waals surface area contributed by atoms with Gasteiger partial charge in [-0.05, 0) is 30.4 Å². The third-order valence-corrected chi connectivity index (χ3v) is 4.37. The molecule has 1 heterocycles.